The van der Waals surface area contributed by atoms with E-state index in [2.05, 4.69) is 203 Å². The Morgan fingerprint density at radius 3 is 1.64 bits per heavy atom. The summed E-state index contributed by atoms with van der Waals surface area (Å²) in [5, 5.41) is 7.39. The number of fused-ring (bicyclic) bond motifs is 9. The quantitative estimate of drug-likeness (QED) is 0.172. The van der Waals surface area contributed by atoms with Crippen molar-refractivity contribution in [3.05, 3.63) is 205 Å². The fraction of sp³-hybridized carbons (Fsp3) is 0.0385. The number of nitrogens with zero attached hydrogens (tertiary/aromatic N) is 5. The van der Waals surface area contributed by atoms with Crippen LogP contribution in [0.5, 0.6) is 0 Å². The summed E-state index contributed by atoms with van der Waals surface area (Å²) in [6.07, 6.45) is -0.341. The van der Waals surface area contributed by atoms with Crippen LogP contribution in [0.2, 0.25) is 0 Å². The standard InChI is InChI=1S/C52H35N5S/c1-55-51(34-19-7-3-8-20-34)53-50(33-17-5-2-6-18-33)54-52(55)42-29-36(30-48-49(42)39-25-13-16-28-47(39)58-48)57-44-27-15-12-24-38(44)41-31-45-40(32-46(41)57)37-23-11-14-26-43(37)56(45)35-21-9-4-10-22-35/h2-32,52H,1H3. The molecule has 11 aromatic rings. The van der Waals surface area contributed by atoms with Crippen LogP contribution >= 0.6 is 11.3 Å². The molecule has 5 nitrogen and oxygen atoms in total. The van der Waals surface area contributed by atoms with Gasteiger partial charge in [-0.3, -0.25) is 0 Å². The Morgan fingerprint density at radius 1 is 0.448 bits per heavy atom. The molecule has 0 radical (unpaired) electrons. The minimum atomic E-state index is -0.341. The second kappa shape index (κ2) is 12.9. The van der Waals surface area contributed by atoms with E-state index < -0.39 is 0 Å². The molecule has 58 heavy (non-hydrogen) atoms. The second-order valence-electron chi connectivity index (χ2n) is 15.0. The molecule has 0 aliphatic carbocycles. The summed E-state index contributed by atoms with van der Waals surface area (Å²) in [6.45, 7) is 0. The van der Waals surface area contributed by atoms with Crippen molar-refractivity contribution in [2.45, 2.75) is 6.17 Å². The molecule has 8 aromatic carbocycles. The molecule has 0 bridgehead atoms. The van der Waals surface area contributed by atoms with Gasteiger partial charge in [-0.05, 0) is 54.6 Å². The van der Waals surface area contributed by atoms with Crippen LogP contribution in [0.1, 0.15) is 22.9 Å². The summed E-state index contributed by atoms with van der Waals surface area (Å²) in [7, 11) is 2.13. The summed E-state index contributed by atoms with van der Waals surface area (Å²) < 4.78 is 7.37. The summed E-state index contributed by atoms with van der Waals surface area (Å²) in [5.41, 5.74) is 10.2. The molecule has 274 valence electrons. The molecule has 0 fully saturated rings. The molecule has 6 heteroatoms. The lowest BCUT2D eigenvalue weighted by molar-refractivity contribution is 0.385. The molecule has 1 unspecified atom stereocenters. The lowest BCUT2D eigenvalue weighted by atomic mass is 10.0. The fourth-order valence-corrected chi connectivity index (χ4v) is 10.3. The summed E-state index contributed by atoms with van der Waals surface area (Å²) in [6, 6.07) is 67.6. The number of para-hydroxylation sites is 3. The first-order chi connectivity index (χ1) is 28.7. The van der Waals surface area contributed by atoms with Crippen LogP contribution in [-0.4, -0.2) is 32.8 Å². The van der Waals surface area contributed by atoms with Gasteiger partial charge in [0.05, 0.1) is 22.1 Å². The Bertz CT molecular complexity index is 3460. The van der Waals surface area contributed by atoms with Crippen molar-refractivity contribution >= 4 is 86.8 Å². The molecule has 1 aliphatic heterocycles. The minimum absolute atomic E-state index is 0.341. The molecule has 4 heterocycles. The predicted molar refractivity (Wildman–Crippen MR) is 244 cm³/mol. The average molecular weight is 762 g/mol. The lowest BCUT2D eigenvalue weighted by Crippen LogP contribution is -2.35. The molecule has 0 spiro atoms. The highest BCUT2D eigenvalue weighted by atomic mass is 32.1. The van der Waals surface area contributed by atoms with E-state index in [0.717, 1.165) is 39.7 Å². The molecule has 3 aromatic heterocycles. The predicted octanol–water partition coefficient (Wildman–Crippen LogP) is 13.1. The molecule has 0 N–H and O–H groups in total. The summed E-state index contributed by atoms with van der Waals surface area (Å²) in [5.74, 6) is 1.63. The van der Waals surface area contributed by atoms with E-state index in [-0.39, 0.29) is 6.17 Å². The molecule has 0 amide bonds. The van der Waals surface area contributed by atoms with Gasteiger partial charge < -0.3 is 14.0 Å². The van der Waals surface area contributed by atoms with E-state index in [4.69, 9.17) is 9.98 Å². The number of thiophene rings is 1. The third-order valence-corrected chi connectivity index (χ3v) is 12.8. The molecular weight excluding hydrogens is 727 g/mol. The molecule has 0 saturated heterocycles. The first-order valence-electron chi connectivity index (χ1n) is 19.7. The van der Waals surface area contributed by atoms with Crippen LogP contribution < -0.4 is 0 Å². The maximum Gasteiger partial charge on any atom is 0.159 e. The van der Waals surface area contributed by atoms with Crippen molar-refractivity contribution in [3.63, 3.8) is 0 Å². The maximum atomic E-state index is 5.52. The first kappa shape index (κ1) is 32.9. The minimum Gasteiger partial charge on any atom is -0.333 e. The van der Waals surface area contributed by atoms with Crippen LogP contribution in [-0.2, 0) is 0 Å². The number of amidine groups is 2. The van der Waals surface area contributed by atoms with Gasteiger partial charge in [0.1, 0.15) is 5.84 Å². The van der Waals surface area contributed by atoms with Crippen LogP contribution in [0.25, 0.3) is 75.2 Å². The van der Waals surface area contributed by atoms with Gasteiger partial charge in [0.15, 0.2) is 12.0 Å². The van der Waals surface area contributed by atoms with Crippen molar-refractivity contribution in [1.29, 1.82) is 0 Å². The van der Waals surface area contributed by atoms with Crippen molar-refractivity contribution in [3.8, 4) is 11.4 Å². The van der Waals surface area contributed by atoms with Crippen LogP contribution in [0, 0.1) is 0 Å². The van der Waals surface area contributed by atoms with Crippen LogP contribution in [0.15, 0.2) is 198 Å². The number of hydrogen-bond donors (Lipinski definition) is 0. The van der Waals surface area contributed by atoms with Gasteiger partial charge in [0.25, 0.3) is 0 Å². The highest BCUT2D eigenvalue weighted by Gasteiger charge is 2.30. The third-order valence-electron chi connectivity index (χ3n) is 11.7. The summed E-state index contributed by atoms with van der Waals surface area (Å²) >= 11 is 1.85. The Morgan fingerprint density at radius 2 is 0.983 bits per heavy atom. The normalized spacial score (nSPS) is 14.6. The van der Waals surface area contributed by atoms with E-state index in [9.17, 15) is 0 Å². The lowest BCUT2D eigenvalue weighted by Gasteiger charge is -2.33. The maximum absolute atomic E-state index is 5.52. The zero-order valence-corrected chi connectivity index (χ0v) is 32.4. The fourth-order valence-electron chi connectivity index (χ4n) is 9.15. The van der Waals surface area contributed by atoms with Crippen LogP contribution in [0.3, 0.4) is 0 Å². The molecule has 0 saturated carbocycles. The second-order valence-corrected chi connectivity index (χ2v) is 16.1. The smallest absolute Gasteiger partial charge is 0.159 e. The molecule has 1 atom stereocenters. The van der Waals surface area contributed by atoms with E-state index in [1.165, 1.54) is 63.8 Å². The Balaban J connectivity index is 1.16. The van der Waals surface area contributed by atoms with E-state index in [1.807, 2.05) is 17.4 Å². The topological polar surface area (TPSA) is 37.8 Å². The van der Waals surface area contributed by atoms with Gasteiger partial charge in [-0.1, -0.05) is 133 Å². The Kier molecular flexibility index (Phi) is 7.31. The van der Waals surface area contributed by atoms with Gasteiger partial charge >= 0.3 is 0 Å². The SMILES string of the molecule is CN1C(c2ccccc2)=NC(c2ccccc2)=NC1c1cc(-n2c3ccccc3c3cc4c(cc32)c2ccccc2n4-c2ccccc2)cc2sc3ccccc3c12. The van der Waals surface area contributed by atoms with Crippen molar-refractivity contribution in [2.75, 3.05) is 7.05 Å². The summed E-state index contributed by atoms with van der Waals surface area (Å²) in [4.78, 5) is 13.0. The number of hydrogen-bond acceptors (Lipinski definition) is 4. The average Bonchev–Trinajstić information content (AvgIpc) is 3.93. The van der Waals surface area contributed by atoms with Gasteiger partial charge in [0, 0.05) is 76.8 Å². The highest BCUT2D eigenvalue weighted by molar-refractivity contribution is 7.25. The Labute approximate surface area is 338 Å². The number of aliphatic imine (C=N–C) groups is 2. The number of benzene rings is 8. The van der Waals surface area contributed by atoms with E-state index in [0.29, 0.717) is 0 Å². The largest absolute Gasteiger partial charge is 0.333 e. The third kappa shape index (κ3) is 4.95. The highest BCUT2D eigenvalue weighted by Crippen LogP contribution is 2.45. The molecule has 12 rings (SSSR count). The zero-order chi connectivity index (χ0) is 38.3. The molecular formula is C52H35N5S. The number of rotatable bonds is 5. The van der Waals surface area contributed by atoms with E-state index in [1.54, 1.807) is 0 Å². The zero-order valence-electron chi connectivity index (χ0n) is 31.6. The molecule has 1 aliphatic rings. The van der Waals surface area contributed by atoms with Gasteiger partial charge in [-0.25, -0.2) is 9.98 Å². The van der Waals surface area contributed by atoms with E-state index >= 15 is 0 Å². The van der Waals surface area contributed by atoms with Crippen molar-refractivity contribution in [1.82, 2.24) is 14.0 Å². The monoisotopic (exact) mass is 761 g/mol. The van der Waals surface area contributed by atoms with Gasteiger partial charge in [-0.15, -0.1) is 11.3 Å². The Hall–Kier alpha value is -7.28. The van der Waals surface area contributed by atoms with Gasteiger partial charge in [-0.2, -0.15) is 0 Å². The van der Waals surface area contributed by atoms with Crippen molar-refractivity contribution < 1.29 is 0 Å². The first-order valence-corrected chi connectivity index (χ1v) is 20.5. The number of aromatic nitrogens is 2. The van der Waals surface area contributed by atoms with Crippen molar-refractivity contribution in [2.24, 2.45) is 9.98 Å². The van der Waals surface area contributed by atoms with Gasteiger partial charge in [0.2, 0.25) is 0 Å². The van der Waals surface area contributed by atoms with Crippen LogP contribution in [0.4, 0.5) is 0 Å².